The highest BCUT2D eigenvalue weighted by Gasteiger charge is 2.15. The van der Waals surface area contributed by atoms with Gasteiger partial charge in [0.05, 0.1) is 0 Å². The smallest absolute Gasteiger partial charge is 0.255 e. The Kier molecular flexibility index (Phi) is 6.58. The van der Waals surface area contributed by atoms with Crippen LogP contribution in [0.25, 0.3) is 0 Å². The van der Waals surface area contributed by atoms with Crippen molar-refractivity contribution in [2.45, 2.75) is 51.9 Å². The van der Waals surface area contributed by atoms with E-state index in [1.807, 2.05) is 25.1 Å². The highest BCUT2D eigenvalue weighted by molar-refractivity contribution is 6.05. The lowest BCUT2D eigenvalue weighted by Gasteiger charge is -2.21. The minimum Gasteiger partial charge on any atom is -0.326 e. The molecule has 0 spiro atoms. The molecule has 1 aliphatic rings. The molecule has 1 aromatic carbocycles. The molecule has 3 rings (SSSR count). The van der Waals surface area contributed by atoms with Crippen molar-refractivity contribution in [3.8, 4) is 0 Å². The second-order valence-electron chi connectivity index (χ2n) is 7.31. The SMILES string of the molecule is Cc1ccc(NC(=O)CCC2CCCCC2)cc1NC(=O)c1ccncc1. The van der Waals surface area contributed by atoms with Crippen molar-refractivity contribution in [2.24, 2.45) is 5.92 Å². The van der Waals surface area contributed by atoms with Crippen molar-refractivity contribution in [2.75, 3.05) is 10.6 Å². The van der Waals surface area contributed by atoms with Crippen LogP contribution < -0.4 is 10.6 Å². The largest absolute Gasteiger partial charge is 0.326 e. The molecule has 1 fully saturated rings. The van der Waals surface area contributed by atoms with Gasteiger partial charge in [-0.2, -0.15) is 0 Å². The Morgan fingerprint density at radius 3 is 2.52 bits per heavy atom. The Bertz CT molecular complexity index is 783. The second kappa shape index (κ2) is 9.31. The monoisotopic (exact) mass is 365 g/mol. The van der Waals surface area contributed by atoms with Crippen molar-refractivity contribution < 1.29 is 9.59 Å². The zero-order chi connectivity index (χ0) is 19.1. The summed E-state index contributed by atoms with van der Waals surface area (Å²) in [6.45, 7) is 1.93. The van der Waals surface area contributed by atoms with Crippen LogP contribution in [0.5, 0.6) is 0 Å². The number of nitrogens with one attached hydrogen (secondary N) is 2. The molecule has 0 aliphatic heterocycles. The quantitative estimate of drug-likeness (QED) is 0.761. The van der Waals surface area contributed by atoms with Crippen LogP contribution in [0.2, 0.25) is 0 Å². The first kappa shape index (κ1) is 19.1. The highest BCUT2D eigenvalue weighted by Crippen LogP contribution is 2.27. The van der Waals surface area contributed by atoms with E-state index in [2.05, 4.69) is 15.6 Å². The van der Waals surface area contributed by atoms with Crippen LogP contribution in [0.3, 0.4) is 0 Å². The van der Waals surface area contributed by atoms with Crippen LogP contribution in [0.1, 0.15) is 60.9 Å². The number of carbonyl (C=O) groups excluding carboxylic acids is 2. The molecule has 1 heterocycles. The first-order valence-electron chi connectivity index (χ1n) is 9.73. The van der Waals surface area contributed by atoms with Gasteiger partial charge in [0.1, 0.15) is 0 Å². The van der Waals surface area contributed by atoms with Crippen LogP contribution in [0.15, 0.2) is 42.7 Å². The molecule has 2 amide bonds. The van der Waals surface area contributed by atoms with Gasteiger partial charge in [0.2, 0.25) is 5.91 Å². The molecule has 2 N–H and O–H groups in total. The van der Waals surface area contributed by atoms with Gasteiger partial charge in [-0.15, -0.1) is 0 Å². The van der Waals surface area contributed by atoms with E-state index >= 15 is 0 Å². The summed E-state index contributed by atoms with van der Waals surface area (Å²) in [5.74, 6) is 0.537. The van der Waals surface area contributed by atoms with E-state index in [1.54, 1.807) is 24.5 Å². The van der Waals surface area contributed by atoms with E-state index in [4.69, 9.17) is 0 Å². The fourth-order valence-corrected chi connectivity index (χ4v) is 3.57. The van der Waals surface area contributed by atoms with Gasteiger partial charge < -0.3 is 10.6 Å². The zero-order valence-corrected chi connectivity index (χ0v) is 15.8. The van der Waals surface area contributed by atoms with E-state index in [0.717, 1.165) is 12.0 Å². The summed E-state index contributed by atoms with van der Waals surface area (Å²) >= 11 is 0. The maximum absolute atomic E-state index is 12.4. The predicted molar refractivity (Wildman–Crippen MR) is 108 cm³/mol. The predicted octanol–water partition coefficient (Wildman–Crippen LogP) is 4.94. The molecule has 0 atom stereocenters. The van der Waals surface area contributed by atoms with E-state index in [-0.39, 0.29) is 11.8 Å². The molecule has 142 valence electrons. The Labute approximate surface area is 160 Å². The molecule has 0 saturated heterocycles. The molecule has 0 unspecified atom stereocenters. The molecule has 2 aromatic rings. The zero-order valence-electron chi connectivity index (χ0n) is 15.8. The average Bonchev–Trinajstić information content (AvgIpc) is 2.70. The lowest BCUT2D eigenvalue weighted by atomic mass is 9.86. The van der Waals surface area contributed by atoms with Gasteiger partial charge in [0.15, 0.2) is 0 Å². The first-order chi connectivity index (χ1) is 13.1. The number of benzene rings is 1. The van der Waals surface area contributed by atoms with E-state index in [1.165, 1.54) is 32.1 Å². The molecule has 5 nitrogen and oxygen atoms in total. The van der Waals surface area contributed by atoms with Crippen LogP contribution in [0.4, 0.5) is 11.4 Å². The van der Waals surface area contributed by atoms with Gasteiger partial charge in [0, 0.05) is 35.8 Å². The van der Waals surface area contributed by atoms with Crippen molar-refractivity contribution in [1.82, 2.24) is 4.98 Å². The van der Waals surface area contributed by atoms with Crippen LogP contribution >= 0.6 is 0 Å². The molecule has 1 aromatic heterocycles. The fraction of sp³-hybridized carbons (Fsp3) is 0.409. The molecular weight excluding hydrogens is 338 g/mol. The second-order valence-corrected chi connectivity index (χ2v) is 7.31. The van der Waals surface area contributed by atoms with E-state index in [9.17, 15) is 9.59 Å². The molecule has 1 saturated carbocycles. The maximum Gasteiger partial charge on any atom is 0.255 e. The van der Waals surface area contributed by atoms with Crippen LogP contribution in [0, 0.1) is 12.8 Å². The number of carbonyl (C=O) groups is 2. The minimum atomic E-state index is -0.193. The summed E-state index contributed by atoms with van der Waals surface area (Å²) < 4.78 is 0. The summed E-state index contributed by atoms with van der Waals surface area (Å²) in [5.41, 5.74) is 2.89. The third kappa shape index (κ3) is 5.64. The number of pyridine rings is 1. The molecule has 27 heavy (non-hydrogen) atoms. The number of hydrogen-bond acceptors (Lipinski definition) is 3. The number of amides is 2. The first-order valence-corrected chi connectivity index (χ1v) is 9.73. The molecule has 0 radical (unpaired) electrons. The number of nitrogens with zero attached hydrogens (tertiary/aromatic N) is 1. The van der Waals surface area contributed by atoms with E-state index in [0.29, 0.717) is 29.3 Å². The number of anilines is 2. The molecule has 5 heteroatoms. The van der Waals surface area contributed by atoms with E-state index < -0.39 is 0 Å². The summed E-state index contributed by atoms with van der Waals surface area (Å²) in [4.78, 5) is 28.6. The van der Waals surface area contributed by atoms with Crippen molar-refractivity contribution >= 4 is 23.2 Å². The highest BCUT2D eigenvalue weighted by atomic mass is 16.2. The Morgan fingerprint density at radius 1 is 1.04 bits per heavy atom. The Balaban J connectivity index is 1.57. The number of aryl methyl sites for hydroxylation is 1. The number of aromatic nitrogens is 1. The minimum absolute atomic E-state index is 0.0378. The molecule has 0 bridgehead atoms. The Morgan fingerprint density at radius 2 is 1.78 bits per heavy atom. The fourth-order valence-electron chi connectivity index (χ4n) is 3.57. The normalized spacial score (nSPS) is 14.6. The van der Waals surface area contributed by atoms with Gasteiger partial charge >= 0.3 is 0 Å². The lowest BCUT2D eigenvalue weighted by Crippen LogP contribution is -2.16. The molecule has 1 aliphatic carbocycles. The van der Waals surface area contributed by atoms with Crippen molar-refractivity contribution in [3.05, 3.63) is 53.9 Å². The summed E-state index contributed by atoms with van der Waals surface area (Å²) in [7, 11) is 0. The number of rotatable bonds is 6. The van der Waals surface area contributed by atoms with Gasteiger partial charge in [-0.1, -0.05) is 38.2 Å². The van der Waals surface area contributed by atoms with Gasteiger partial charge in [0.25, 0.3) is 5.91 Å². The summed E-state index contributed by atoms with van der Waals surface area (Å²) in [5, 5.41) is 5.87. The third-order valence-electron chi connectivity index (χ3n) is 5.22. The van der Waals surface area contributed by atoms with Gasteiger partial charge in [-0.05, 0) is 49.1 Å². The molecular formula is C22H27N3O2. The van der Waals surface area contributed by atoms with Crippen molar-refractivity contribution in [3.63, 3.8) is 0 Å². The topological polar surface area (TPSA) is 71.1 Å². The number of hydrogen-bond donors (Lipinski definition) is 2. The third-order valence-corrected chi connectivity index (χ3v) is 5.22. The van der Waals surface area contributed by atoms with Crippen molar-refractivity contribution in [1.29, 1.82) is 0 Å². The van der Waals surface area contributed by atoms with Gasteiger partial charge in [-0.25, -0.2) is 0 Å². The van der Waals surface area contributed by atoms with Crippen LogP contribution in [-0.2, 0) is 4.79 Å². The summed E-state index contributed by atoms with van der Waals surface area (Å²) in [6.07, 6.45) is 11.1. The van der Waals surface area contributed by atoms with Crippen LogP contribution in [-0.4, -0.2) is 16.8 Å². The standard InChI is InChI=1S/C22H27N3O2/c1-16-7-9-19(24-21(26)10-8-17-5-3-2-4-6-17)15-20(16)25-22(27)18-11-13-23-14-12-18/h7,9,11-15,17H,2-6,8,10H2,1H3,(H,24,26)(H,25,27). The average molecular weight is 365 g/mol. The van der Waals surface area contributed by atoms with Gasteiger partial charge in [-0.3, -0.25) is 14.6 Å². The summed E-state index contributed by atoms with van der Waals surface area (Å²) in [6, 6.07) is 8.92. The maximum atomic E-state index is 12.4. The Hall–Kier alpha value is -2.69. The lowest BCUT2D eigenvalue weighted by molar-refractivity contribution is -0.116.